The van der Waals surface area contributed by atoms with E-state index in [9.17, 15) is 4.79 Å². The van der Waals surface area contributed by atoms with Crippen LogP contribution in [-0.2, 0) is 11.3 Å². The standard InChI is InChI=1S/C20H25NO3/c1-14(2)23-18-10-7-9-17(12-18)13-21-20(22)16(4)24-19-11-6-5-8-15(19)3/h5-12,14,16H,13H2,1-4H3,(H,21,22)/t16-/m1/s1. The lowest BCUT2D eigenvalue weighted by Gasteiger charge is -2.16. The van der Waals surface area contributed by atoms with Crippen molar-refractivity contribution >= 4 is 5.91 Å². The van der Waals surface area contributed by atoms with Crippen molar-refractivity contribution in [1.82, 2.24) is 5.32 Å². The van der Waals surface area contributed by atoms with E-state index in [1.165, 1.54) is 0 Å². The first-order valence-electron chi connectivity index (χ1n) is 8.21. The van der Waals surface area contributed by atoms with E-state index in [1.54, 1.807) is 6.92 Å². The van der Waals surface area contributed by atoms with Gasteiger partial charge in [0.1, 0.15) is 11.5 Å². The summed E-state index contributed by atoms with van der Waals surface area (Å²) in [7, 11) is 0. The van der Waals surface area contributed by atoms with Crippen LogP contribution in [0.5, 0.6) is 11.5 Å². The Kier molecular flexibility index (Phi) is 6.24. The Morgan fingerprint density at radius 2 is 1.79 bits per heavy atom. The predicted molar refractivity (Wildman–Crippen MR) is 95.3 cm³/mol. The lowest BCUT2D eigenvalue weighted by molar-refractivity contribution is -0.127. The molecule has 2 aromatic carbocycles. The zero-order valence-corrected chi connectivity index (χ0v) is 14.7. The van der Waals surface area contributed by atoms with Crippen molar-refractivity contribution in [2.24, 2.45) is 0 Å². The number of rotatable bonds is 7. The van der Waals surface area contributed by atoms with Crippen LogP contribution in [0.3, 0.4) is 0 Å². The molecule has 128 valence electrons. The van der Waals surface area contributed by atoms with E-state index in [0.717, 1.165) is 22.6 Å². The van der Waals surface area contributed by atoms with Crippen LogP contribution in [0.2, 0.25) is 0 Å². The highest BCUT2D eigenvalue weighted by molar-refractivity contribution is 5.80. The fourth-order valence-electron chi connectivity index (χ4n) is 2.27. The van der Waals surface area contributed by atoms with Gasteiger partial charge in [0.2, 0.25) is 0 Å². The van der Waals surface area contributed by atoms with Gasteiger partial charge in [-0.2, -0.15) is 0 Å². The molecule has 1 atom stereocenters. The van der Waals surface area contributed by atoms with E-state index in [1.807, 2.05) is 69.3 Å². The van der Waals surface area contributed by atoms with Gasteiger partial charge in [0.05, 0.1) is 6.10 Å². The third-order valence-corrected chi connectivity index (χ3v) is 3.50. The topological polar surface area (TPSA) is 47.6 Å². The number of hydrogen-bond acceptors (Lipinski definition) is 3. The largest absolute Gasteiger partial charge is 0.491 e. The number of carbonyl (C=O) groups excluding carboxylic acids is 1. The molecule has 0 aromatic heterocycles. The van der Waals surface area contributed by atoms with E-state index in [4.69, 9.17) is 9.47 Å². The summed E-state index contributed by atoms with van der Waals surface area (Å²) >= 11 is 0. The van der Waals surface area contributed by atoms with E-state index in [0.29, 0.717) is 6.54 Å². The monoisotopic (exact) mass is 327 g/mol. The van der Waals surface area contributed by atoms with Gasteiger partial charge in [0.15, 0.2) is 6.10 Å². The fraction of sp³-hybridized carbons (Fsp3) is 0.350. The smallest absolute Gasteiger partial charge is 0.261 e. The number of ether oxygens (including phenoxy) is 2. The van der Waals surface area contributed by atoms with Gasteiger partial charge in [-0.15, -0.1) is 0 Å². The number of hydrogen-bond donors (Lipinski definition) is 1. The summed E-state index contributed by atoms with van der Waals surface area (Å²) < 4.78 is 11.4. The Labute approximate surface area is 143 Å². The average Bonchev–Trinajstić information content (AvgIpc) is 2.54. The maximum absolute atomic E-state index is 12.2. The molecule has 0 fully saturated rings. The third-order valence-electron chi connectivity index (χ3n) is 3.50. The number of benzene rings is 2. The summed E-state index contributed by atoms with van der Waals surface area (Å²) in [4.78, 5) is 12.2. The van der Waals surface area contributed by atoms with Crippen molar-refractivity contribution in [3.05, 3.63) is 59.7 Å². The first-order chi connectivity index (χ1) is 11.5. The molecule has 0 aliphatic carbocycles. The lowest BCUT2D eigenvalue weighted by atomic mass is 10.2. The van der Waals surface area contributed by atoms with Crippen molar-refractivity contribution in [3.8, 4) is 11.5 Å². The number of nitrogens with one attached hydrogen (secondary N) is 1. The Hall–Kier alpha value is -2.49. The summed E-state index contributed by atoms with van der Waals surface area (Å²) in [6.45, 7) is 8.12. The number of carbonyl (C=O) groups is 1. The van der Waals surface area contributed by atoms with Crippen molar-refractivity contribution < 1.29 is 14.3 Å². The molecule has 2 rings (SSSR count). The lowest BCUT2D eigenvalue weighted by Crippen LogP contribution is -2.36. The van der Waals surface area contributed by atoms with Crippen LogP contribution in [0.15, 0.2) is 48.5 Å². The summed E-state index contributed by atoms with van der Waals surface area (Å²) in [5.74, 6) is 1.39. The summed E-state index contributed by atoms with van der Waals surface area (Å²) in [5.41, 5.74) is 2.00. The molecule has 0 saturated carbocycles. The van der Waals surface area contributed by atoms with E-state index in [2.05, 4.69) is 5.32 Å². The molecule has 0 radical (unpaired) electrons. The van der Waals surface area contributed by atoms with E-state index in [-0.39, 0.29) is 12.0 Å². The molecule has 0 bridgehead atoms. The van der Waals surface area contributed by atoms with Gasteiger partial charge in [-0.05, 0) is 57.0 Å². The van der Waals surface area contributed by atoms with Gasteiger partial charge in [0.25, 0.3) is 5.91 Å². The van der Waals surface area contributed by atoms with Gasteiger partial charge in [-0.3, -0.25) is 4.79 Å². The van der Waals surface area contributed by atoms with Crippen LogP contribution in [0, 0.1) is 6.92 Å². The summed E-state index contributed by atoms with van der Waals surface area (Å²) in [6, 6.07) is 15.4. The Bertz CT molecular complexity index is 682. The zero-order chi connectivity index (χ0) is 17.5. The highest BCUT2D eigenvalue weighted by atomic mass is 16.5. The molecule has 24 heavy (non-hydrogen) atoms. The van der Waals surface area contributed by atoms with Crippen LogP contribution < -0.4 is 14.8 Å². The van der Waals surface area contributed by atoms with Gasteiger partial charge >= 0.3 is 0 Å². The fourth-order valence-corrected chi connectivity index (χ4v) is 2.27. The molecule has 0 heterocycles. The second kappa shape index (κ2) is 8.39. The van der Waals surface area contributed by atoms with Crippen LogP contribution in [-0.4, -0.2) is 18.1 Å². The van der Waals surface area contributed by atoms with Gasteiger partial charge < -0.3 is 14.8 Å². The molecule has 0 unspecified atom stereocenters. The molecule has 4 nitrogen and oxygen atoms in total. The van der Waals surface area contributed by atoms with Crippen LogP contribution in [0.1, 0.15) is 31.9 Å². The van der Waals surface area contributed by atoms with E-state index >= 15 is 0 Å². The highest BCUT2D eigenvalue weighted by Gasteiger charge is 2.15. The van der Waals surface area contributed by atoms with Crippen LogP contribution >= 0.6 is 0 Å². The molecule has 0 aliphatic rings. The quantitative estimate of drug-likeness (QED) is 0.840. The molecule has 2 aromatic rings. The van der Waals surface area contributed by atoms with Crippen molar-refractivity contribution in [1.29, 1.82) is 0 Å². The maximum Gasteiger partial charge on any atom is 0.261 e. The SMILES string of the molecule is Cc1ccccc1O[C@H](C)C(=O)NCc1cccc(OC(C)C)c1. The second-order valence-electron chi connectivity index (χ2n) is 6.06. The minimum Gasteiger partial charge on any atom is -0.491 e. The van der Waals surface area contributed by atoms with Gasteiger partial charge in [0, 0.05) is 6.54 Å². The first-order valence-corrected chi connectivity index (χ1v) is 8.21. The van der Waals surface area contributed by atoms with Crippen molar-refractivity contribution in [2.45, 2.75) is 46.4 Å². The van der Waals surface area contributed by atoms with E-state index < -0.39 is 6.10 Å². The van der Waals surface area contributed by atoms with Gasteiger partial charge in [-0.1, -0.05) is 30.3 Å². The molecule has 1 N–H and O–H groups in total. The summed E-state index contributed by atoms with van der Waals surface area (Å²) in [6.07, 6.45) is -0.432. The minimum absolute atomic E-state index is 0.123. The van der Waals surface area contributed by atoms with Crippen molar-refractivity contribution in [3.63, 3.8) is 0 Å². The molecule has 0 saturated heterocycles. The van der Waals surface area contributed by atoms with Crippen molar-refractivity contribution in [2.75, 3.05) is 0 Å². The molecule has 1 amide bonds. The number of amides is 1. The Morgan fingerprint density at radius 3 is 2.50 bits per heavy atom. The highest BCUT2D eigenvalue weighted by Crippen LogP contribution is 2.18. The average molecular weight is 327 g/mol. The predicted octanol–water partition coefficient (Wildman–Crippen LogP) is 3.87. The summed E-state index contributed by atoms with van der Waals surface area (Å²) in [5, 5.41) is 2.90. The molecule has 4 heteroatoms. The van der Waals surface area contributed by atoms with Crippen LogP contribution in [0.25, 0.3) is 0 Å². The molecule has 0 spiro atoms. The Balaban J connectivity index is 1.89. The maximum atomic E-state index is 12.2. The van der Waals surface area contributed by atoms with Gasteiger partial charge in [-0.25, -0.2) is 0 Å². The third kappa shape index (κ3) is 5.30. The Morgan fingerprint density at radius 1 is 1.04 bits per heavy atom. The normalized spacial score (nSPS) is 11.9. The zero-order valence-electron chi connectivity index (χ0n) is 14.7. The van der Waals surface area contributed by atoms with Crippen LogP contribution in [0.4, 0.5) is 0 Å². The first kappa shape index (κ1) is 17.9. The molecular formula is C20H25NO3. The number of aryl methyl sites for hydroxylation is 1. The minimum atomic E-state index is -0.554. The number of para-hydroxylation sites is 1. The molecule has 0 aliphatic heterocycles. The molecular weight excluding hydrogens is 302 g/mol. The second-order valence-corrected chi connectivity index (χ2v) is 6.06.